The van der Waals surface area contributed by atoms with Crippen molar-refractivity contribution < 1.29 is 43.6 Å². The minimum atomic E-state index is -1.25. The number of carbonyl (C=O) groups excluding carboxylic acids is 3. The van der Waals surface area contributed by atoms with Crippen LogP contribution in [0.3, 0.4) is 0 Å². The number of aromatic nitrogens is 2. The lowest BCUT2D eigenvalue weighted by molar-refractivity contribution is -0.157. The van der Waals surface area contributed by atoms with Crippen LogP contribution in [-0.2, 0) is 30.3 Å². The smallest absolute Gasteiger partial charge is 0.310 e. The highest BCUT2D eigenvalue weighted by Gasteiger charge is 2.61. The maximum absolute atomic E-state index is 14.8. The van der Waals surface area contributed by atoms with Gasteiger partial charge in [0, 0.05) is 42.2 Å². The highest BCUT2D eigenvalue weighted by molar-refractivity contribution is 7.09. The molecule has 4 fully saturated rings. The number of ether oxygens (including phenoxy) is 3. The predicted molar refractivity (Wildman–Crippen MR) is 215 cm³/mol. The number of hydrogen-bond acceptors (Lipinski definition) is 11. The quantitative estimate of drug-likeness (QED) is 0.108. The van der Waals surface area contributed by atoms with Gasteiger partial charge in [-0.05, 0) is 66.9 Å². The van der Waals surface area contributed by atoms with Gasteiger partial charge in [-0.25, -0.2) is 9.97 Å². The Morgan fingerprint density at radius 1 is 1.05 bits per heavy atom. The summed E-state index contributed by atoms with van der Waals surface area (Å²) >= 11 is 1.56. The van der Waals surface area contributed by atoms with Crippen LogP contribution in [0.25, 0.3) is 22.3 Å². The summed E-state index contributed by atoms with van der Waals surface area (Å²) in [4.78, 5) is 66.2. The summed E-state index contributed by atoms with van der Waals surface area (Å²) in [7, 11) is 0. The number of Topliss-reactive ketones (excluding diaryl/α,β-unsaturated/α-hetero) is 1. The molecule has 306 valence electrons. The van der Waals surface area contributed by atoms with Crippen molar-refractivity contribution in [1.82, 2.24) is 14.9 Å². The molecule has 2 N–H and O–H groups in total. The molecule has 12 nitrogen and oxygen atoms in total. The van der Waals surface area contributed by atoms with Gasteiger partial charge in [-0.1, -0.05) is 40.7 Å². The minimum absolute atomic E-state index is 0.0554. The van der Waals surface area contributed by atoms with E-state index in [4.69, 9.17) is 24.2 Å². The number of benzene rings is 1. The molecule has 3 saturated carbocycles. The first kappa shape index (κ1) is 40.8. The fraction of sp³-hybridized carbons (Fsp3) is 0.591. The molecule has 13 heteroatoms. The van der Waals surface area contributed by atoms with Crippen LogP contribution in [-0.4, -0.2) is 86.7 Å². The van der Waals surface area contributed by atoms with Gasteiger partial charge in [0.15, 0.2) is 5.78 Å². The molecule has 0 spiro atoms. The molecule has 3 aromatic rings. The summed E-state index contributed by atoms with van der Waals surface area (Å²) in [5, 5.41) is 23.2. The molecule has 3 aliphatic carbocycles. The van der Waals surface area contributed by atoms with E-state index in [0.29, 0.717) is 58.0 Å². The second-order valence-electron chi connectivity index (χ2n) is 18.1. The molecule has 1 saturated heterocycles. The Labute approximate surface area is 338 Å². The Kier molecular flexibility index (Phi) is 11.5. The largest absolute Gasteiger partial charge is 0.491 e. The van der Waals surface area contributed by atoms with Gasteiger partial charge in [0.2, 0.25) is 5.91 Å². The third kappa shape index (κ3) is 8.89. The number of ketones is 1. The number of aliphatic carboxylic acids is 1. The zero-order valence-electron chi connectivity index (χ0n) is 33.6. The van der Waals surface area contributed by atoms with Gasteiger partial charge < -0.3 is 29.3 Å². The van der Waals surface area contributed by atoms with Gasteiger partial charge in [0.25, 0.3) is 0 Å². The Bertz CT molecular complexity index is 2030. The lowest BCUT2D eigenvalue weighted by atomic mass is 9.77. The third-order valence-electron chi connectivity index (χ3n) is 12.3. The molecule has 4 aliphatic rings. The molecule has 1 aromatic carbocycles. The molecule has 0 bridgehead atoms. The van der Waals surface area contributed by atoms with Crippen LogP contribution >= 0.6 is 11.3 Å². The van der Waals surface area contributed by atoms with E-state index in [-0.39, 0.29) is 62.7 Å². The van der Waals surface area contributed by atoms with Crippen molar-refractivity contribution in [2.45, 2.75) is 104 Å². The first-order valence-electron chi connectivity index (χ1n) is 20.3. The summed E-state index contributed by atoms with van der Waals surface area (Å²) in [6.07, 6.45) is 4.65. The number of aliphatic hydroxyl groups is 1. The number of allylic oxidation sites excluding steroid dienone is 1. The number of hydrogen-bond donors (Lipinski definition) is 2. The van der Waals surface area contributed by atoms with Crippen molar-refractivity contribution in [3.05, 3.63) is 47.3 Å². The van der Waals surface area contributed by atoms with E-state index >= 15 is 0 Å². The number of carbonyl (C=O) groups is 4. The molecule has 1 unspecified atom stereocenters. The average Bonchev–Trinajstić information content (AvgIpc) is 3.82. The molecule has 1 aliphatic heterocycles. The van der Waals surface area contributed by atoms with Crippen molar-refractivity contribution in [2.24, 2.45) is 40.4 Å². The predicted octanol–water partition coefficient (Wildman–Crippen LogP) is 6.91. The van der Waals surface area contributed by atoms with Crippen LogP contribution < -0.4 is 9.47 Å². The molecule has 57 heavy (non-hydrogen) atoms. The maximum atomic E-state index is 14.8. The summed E-state index contributed by atoms with van der Waals surface area (Å²) in [5.41, 5.74) is -0.0554. The monoisotopic (exact) mass is 801 g/mol. The molecular formula is C44H55N3O9S. The summed E-state index contributed by atoms with van der Waals surface area (Å²) in [6.45, 7) is 13.8. The van der Waals surface area contributed by atoms with E-state index in [1.54, 1.807) is 29.5 Å². The number of amides is 1. The van der Waals surface area contributed by atoms with Gasteiger partial charge in [0.05, 0.1) is 58.9 Å². The van der Waals surface area contributed by atoms with Crippen molar-refractivity contribution in [3.63, 3.8) is 0 Å². The molecule has 2 aromatic heterocycles. The second kappa shape index (κ2) is 16.1. The topological polar surface area (TPSA) is 165 Å². The Morgan fingerprint density at radius 3 is 2.46 bits per heavy atom. The van der Waals surface area contributed by atoms with Gasteiger partial charge >= 0.3 is 11.9 Å². The minimum Gasteiger partial charge on any atom is -0.491 e. The number of esters is 1. The average molecular weight is 802 g/mol. The van der Waals surface area contributed by atoms with Crippen LogP contribution in [0.15, 0.2) is 42.3 Å². The van der Waals surface area contributed by atoms with Crippen LogP contribution in [0.1, 0.15) is 84.6 Å². The van der Waals surface area contributed by atoms with E-state index < -0.39 is 40.8 Å². The van der Waals surface area contributed by atoms with Crippen molar-refractivity contribution >= 4 is 45.9 Å². The Balaban J connectivity index is 1.19. The number of carboxylic acid groups (broad SMARTS) is 1. The first-order chi connectivity index (χ1) is 27.1. The number of pyridine rings is 1. The van der Waals surface area contributed by atoms with E-state index in [2.05, 4.69) is 20.4 Å². The Morgan fingerprint density at radius 2 is 1.81 bits per heavy atom. The van der Waals surface area contributed by atoms with E-state index in [0.717, 1.165) is 24.3 Å². The zero-order valence-corrected chi connectivity index (χ0v) is 34.4. The summed E-state index contributed by atoms with van der Waals surface area (Å²) < 4.78 is 18.4. The number of thiazole rings is 1. The maximum Gasteiger partial charge on any atom is 0.310 e. The molecular weight excluding hydrogens is 747 g/mol. The normalized spacial score (nSPS) is 26.9. The van der Waals surface area contributed by atoms with Crippen LogP contribution in [0, 0.1) is 40.4 Å². The van der Waals surface area contributed by atoms with Crippen LogP contribution in [0.4, 0.5) is 0 Å². The molecule has 7 rings (SSSR count). The number of carboxylic acids is 1. The SMILES string of the molecule is C=C[C@@H]1C[C@@]1(CC(=O)[C@@H]1C[C@H](Oc2cc(-c3csc(CC(C)C)n3)nc3cc(OCCO)ccc23)CN1C(=O)[C@@H](CC(=O)OC1C[C@@H]2C[C@@H]2C1)C(C)(C)C)C(=O)O. The van der Waals surface area contributed by atoms with Gasteiger partial charge in [-0.15, -0.1) is 17.9 Å². The fourth-order valence-corrected chi connectivity index (χ4v) is 9.86. The van der Waals surface area contributed by atoms with Gasteiger partial charge in [0.1, 0.15) is 30.3 Å². The number of aliphatic hydroxyl groups excluding tert-OH is 1. The Hall–Kier alpha value is -4.36. The van der Waals surface area contributed by atoms with Crippen molar-refractivity contribution in [3.8, 4) is 22.9 Å². The van der Waals surface area contributed by atoms with Crippen LogP contribution in [0.5, 0.6) is 11.5 Å². The van der Waals surface area contributed by atoms with Crippen LogP contribution in [0.2, 0.25) is 0 Å². The van der Waals surface area contributed by atoms with E-state index in [1.807, 2.05) is 38.3 Å². The number of nitrogens with zero attached hydrogens (tertiary/aromatic N) is 3. The summed E-state index contributed by atoms with van der Waals surface area (Å²) in [5.74, 6) is -0.610. The summed E-state index contributed by atoms with van der Waals surface area (Å²) in [6, 6.07) is 6.24. The van der Waals surface area contributed by atoms with E-state index in [9.17, 15) is 29.4 Å². The zero-order chi connectivity index (χ0) is 40.8. The number of likely N-dealkylation sites (tertiary alicyclic amines) is 1. The van der Waals surface area contributed by atoms with Gasteiger partial charge in [-0.3, -0.25) is 19.2 Å². The fourth-order valence-electron chi connectivity index (χ4n) is 8.86. The van der Waals surface area contributed by atoms with Gasteiger partial charge in [-0.2, -0.15) is 0 Å². The molecule has 8 atom stereocenters. The first-order valence-corrected chi connectivity index (χ1v) is 21.1. The van der Waals surface area contributed by atoms with Crippen molar-refractivity contribution in [2.75, 3.05) is 19.8 Å². The number of fused-ring (bicyclic) bond motifs is 2. The molecule has 1 amide bonds. The standard InChI is InChI=1S/C44H55N3O9S/c1-7-27-20-44(27,42(52)53)21-37(49)36-17-30(22-47(36)41(51)32(43(4,5)6)18-40(50)56-29-14-25-13-26(25)15-29)55-38-19-34(35-23-57-39(46-35)12-24(2)3)45-33-16-28(54-11-10-48)8-9-31(33)38/h7-9,16,19,23-27,29-30,32,36,48H,1,10-15,17-18,20-22H2,2-6H3,(H,52,53)/t25-,26+,27-,29?,30+,32-,36+,44+/m1/s1. The highest BCUT2D eigenvalue weighted by atomic mass is 32.1. The molecule has 3 heterocycles. The van der Waals surface area contributed by atoms with E-state index in [1.165, 1.54) is 11.3 Å². The second-order valence-corrected chi connectivity index (χ2v) is 19.0. The lowest BCUT2D eigenvalue weighted by Crippen LogP contribution is -2.48. The van der Waals surface area contributed by atoms with Crippen molar-refractivity contribution in [1.29, 1.82) is 0 Å². The lowest BCUT2D eigenvalue weighted by Gasteiger charge is -2.35. The number of rotatable bonds is 17. The molecule has 0 radical (unpaired) electrons. The highest BCUT2D eigenvalue weighted by Crippen LogP contribution is 2.57. The third-order valence-corrected chi connectivity index (χ3v) is 13.1.